The maximum absolute atomic E-state index is 5.98. The molecule has 1 unspecified atom stereocenters. The number of thiophene rings is 1. The molecule has 1 aliphatic rings. The molecule has 0 radical (unpaired) electrons. The molecule has 2 rings (SSSR count). The van der Waals surface area contributed by atoms with E-state index in [1.165, 1.54) is 4.88 Å². The molecule has 1 fully saturated rings. The van der Waals surface area contributed by atoms with E-state index in [9.17, 15) is 0 Å². The van der Waals surface area contributed by atoms with Crippen LogP contribution in [0.2, 0.25) is 0 Å². The van der Waals surface area contributed by atoms with E-state index in [-0.39, 0.29) is 24.0 Å². The predicted molar refractivity (Wildman–Crippen MR) is 129 cm³/mol. The third kappa shape index (κ3) is 8.52. The summed E-state index contributed by atoms with van der Waals surface area (Å²) in [7, 11) is 5.98. The van der Waals surface area contributed by atoms with Crippen LogP contribution in [0.15, 0.2) is 22.5 Å². The Bertz CT molecular complexity index is 534. The van der Waals surface area contributed by atoms with Gasteiger partial charge < -0.3 is 24.6 Å². The van der Waals surface area contributed by atoms with Crippen LogP contribution in [0, 0.1) is 0 Å². The topological polar surface area (TPSA) is 49.3 Å². The highest BCUT2D eigenvalue weighted by Crippen LogP contribution is 2.23. The van der Waals surface area contributed by atoms with Gasteiger partial charge in [-0.05, 0) is 51.7 Å². The minimum absolute atomic E-state index is 0. The minimum atomic E-state index is 0. The fourth-order valence-electron chi connectivity index (χ4n) is 3.27. The van der Waals surface area contributed by atoms with Gasteiger partial charge >= 0.3 is 0 Å². The predicted octanol–water partition coefficient (Wildman–Crippen LogP) is 3.45. The summed E-state index contributed by atoms with van der Waals surface area (Å²) < 4.78 is 11.1. The van der Waals surface area contributed by atoms with Crippen molar-refractivity contribution in [3.05, 3.63) is 22.4 Å². The van der Waals surface area contributed by atoms with Gasteiger partial charge in [-0.25, -0.2) is 0 Å². The molecule has 0 bridgehead atoms. The van der Waals surface area contributed by atoms with Gasteiger partial charge in [-0.15, -0.1) is 35.3 Å². The molecule has 162 valence electrons. The molecule has 1 N–H and O–H groups in total. The zero-order valence-electron chi connectivity index (χ0n) is 17.7. The van der Waals surface area contributed by atoms with Gasteiger partial charge in [0.25, 0.3) is 0 Å². The van der Waals surface area contributed by atoms with Gasteiger partial charge in [0, 0.05) is 44.8 Å². The molecule has 1 saturated heterocycles. The maximum Gasteiger partial charge on any atom is 0.193 e. The van der Waals surface area contributed by atoms with E-state index in [1.807, 2.05) is 0 Å². The second kappa shape index (κ2) is 14.5. The molecule has 28 heavy (non-hydrogen) atoms. The van der Waals surface area contributed by atoms with Gasteiger partial charge in [-0.2, -0.15) is 0 Å². The Hall–Kier alpha value is -0.420. The van der Waals surface area contributed by atoms with Crippen LogP contribution >= 0.6 is 35.3 Å². The van der Waals surface area contributed by atoms with Gasteiger partial charge in [0.05, 0.1) is 18.7 Å². The summed E-state index contributed by atoms with van der Waals surface area (Å²) in [4.78, 5) is 11.0. The fourth-order valence-corrected chi connectivity index (χ4v) is 4.19. The van der Waals surface area contributed by atoms with Crippen LogP contribution in [-0.2, 0) is 9.47 Å². The quantitative estimate of drug-likeness (QED) is 0.220. The first kappa shape index (κ1) is 25.6. The first-order valence-corrected chi connectivity index (χ1v) is 10.9. The molecular formula is C20H37IN4O2S. The normalized spacial score (nSPS) is 16.9. The number of nitrogens with zero attached hydrogens (tertiary/aromatic N) is 3. The number of hydrogen-bond donors (Lipinski definition) is 1. The molecule has 0 spiro atoms. The van der Waals surface area contributed by atoms with Crippen molar-refractivity contribution in [1.29, 1.82) is 0 Å². The van der Waals surface area contributed by atoms with Crippen molar-refractivity contribution in [2.24, 2.45) is 4.99 Å². The highest BCUT2D eigenvalue weighted by molar-refractivity contribution is 14.0. The van der Waals surface area contributed by atoms with Gasteiger partial charge in [0.2, 0.25) is 0 Å². The summed E-state index contributed by atoms with van der Waals surface area (Å²) in [5.74, 6) is 1.03. The van der Waals surface area contributed by atoms with Gasteiger partial charge in [0.1, 0.15) is 0 Å². The fraction of sp³-hybridized carbons (Fsp3) is 0.750. The molecule has 1 aromatic heterocycles. The van der Waals surface area contributed by atoms with Gasteiger partial charge in [-0.1, -0.05) is 6.07 Å². The third-order valence-electron chi connectivity index (χ3n) is 4.83. The molecule has 0 amide bonds. The number of piperidine rings is 1. The molecular weight excluding hydrogens is 487 g/mol. The average molecular weight is 525 g/mol. The van der Waals surface area contributed by atoms with Crippen molar-refractivity contribution in [2.45, 2.75) is 38.3 Å². The van der Waals surface area contributed by atoms with Crippen LogP contribution in [0.5, 0.6) is 0 Å². The first-order valence-electron chi connectivity index (χ1n) is 9.99. The smallest absolute Gasteiger partial charge is 0.193 e. The second-order valence-corrected chi connectivity index (χ2v) is 8.07. The van der Waals surface area contributed by atoms with Crippen molar-refractivity contribution in [1.82, 2.24) is 15.1 Å². The number of ether oxygens (including phenoxy) is 2. The molecule has 0 saturated carbocycles. The van der Waals surface area contributed by atoms with E-state index in [0.29, 0.717) is 12.1 Å². The molecule has 0 aliphatic carbocycles. The first-order chi connectivity index (χ1) is 13.2. The van der Waals surface area contributed by atoms with Gasteiger partial charge in [-0.3, -0.25) is 4.99 Å². The molecule has 1 aliphatic heterocycles. The Labute approximate surface area is 191 Å². The van der Waals surface area contributed by atoms with E-state index in [2.05, 4.69) is 53.6 Å². The van der Waals surface area contributed by atoms with Crippen molar-refractivity contribution in [3.8, 4) is 0 Å². The van der Waals surface area contributed by atoms with Crippen molar-refractivity contribution >= 4 is 41.3 Å². The molecule has 0 aromatic carbocycles. The van der Waals surface area contributed by atoms with Crippen molar-refractivity contribution < 1.29 is 9.47 Å². The van der Waals surface area contributed by atoms with Crippen LogP contribution in [0.1, 0.15) is 37.1 Å². The van der Waals surface area contributed by atoms with Crippen molar-refractivity contribution in [3.63, 3.8) is 0 Å². The summed E-state index contributed by atoms with van der Waals surface area (Å²) in [6.07, 6.45) is 3.44. The SMILES string of the molecule is CCNC(=NCC(c1cccs1)N(C)C)N1CCC(OCCCOC)CC1.I. The Balaban J connectivity index is 0.00000392. The van der Waals surface area contributed by atoms with E-state index >= 15 is 0 Å². The van der Waals surface area contributed by atoms with Crippen LogP contribution < -0.4 is 5.32 Å². The largest absolute Gasteiger partial charge is 0.385 e. The number of likely N-dealkylation sites (tertiary alicyclic amines) is 1. The molecule has 1 atom stereocenters. The summed E-state index contributed by atoms with van der Waals surface area (Å²) in [6.45, 7) is 7.33. The van der Waals surface area contributed by atoms with Crippen LogP contribution in [-0.4, -0.2) is 82.5 Å². The molecule has 1 aromatic rings. The summed E-state index contributed by atoms with van der Waals surface area (Å²) >= 11 is 1.80. The maximum atomic E-state index is 5.98. The van der Waals surface area contributed by atoms with E-state index in [0.717, 1.165) is 64.6 Å². The Morgan fingerprint density at radius 3 is 2.68 bits per heavy atom. The molecule has 8 heteroatoms. The molecule has 2 heterocycles. The summed E-state index contributed by atoms with van der Waals surface area (Å²) in [5.41, 5.74) is 0. The van der Waals surface area contributed by atoms with E-state index in [4.69, 9.17) is 14.5 Å². The van der Waals surface area contributed by atoms with Crippen LogP contribution in [0.4, 0.5) is 0 Å². The Kier molecular flexibility index (Phi) is 13.3. The average Bonchev–Trinajstić information content (AvgIpc) is 3.19. The number of hydrogen-bond acceptors (Lipinski definition) is 5. The minimum Gasteiger partial charge on any atom is -0.385 e. The van der Waals surface area contributed by atoms with Gasteiger partial charge in [0.15, 0.2) is 5.96 Å². The zero-order valence-corrected chi connectivity index (χ0v) is 20.9. The lowest BCUT2D eigenvalue weighted by atomic mass is 10.1. The third-order valence-corrected chi connectivity index (χ3v) is 5.81. The van der Waals surface area contributed by atoms with Crippen LogP contribution in [0.3, 0.4) is 0 Å². The number of halogens is 1. The highest BCUT2D eigenvalue weighted by atomic mass is 127. The number of methoxy groups -OCH3 is 1. The Morgan fingerprint density at radius 1 is 1.36 bits per heavy atom. The number of aliphatic imine (C=N–C) groups is 1. The van der Waals surface area contributed by atoms with Crippen LogP contribution in [0.25, 0.3) is 0 Å². The molecule has 6 nitrogen and oxygen atoms in total. The lowest BCUT2D eigenvalue weighted by Gasteiger charge is -2.34. The number of guanidine groups is 1. The zero-order chi connectivity index (χ0) is 19.5. The number of nitrogens with one attached hydrogen (secondary N) is 1. The Morgan fingerprint density at radius 2 is 2.11 bits per heavy atom. The summed E-state index contributed by atoms with van der Waals surface area (Å²) in [5, 5.41) is 5.61. The van der Waals surface area contributed by atoms with E-state index < -0.39 is 0 Å². The monoisotopic (exact) mass is 524 g/mol. The summed E-state index contributed by atoms with van der Waals surface area (Å²) in [6, 6.07) is 4.63. The highest BCUT2D eigenvalue weighted by Gasteiger charge is 2.22. The number of likely N-dealkylation sites (N-methyl/N-ethyl adjacent to an activating group) is 1. The van der Waals surface area contributed by atoms with Crippen molar-refractivity contribution in [2.75, 3.05) is 60.6 Å². The standard InChI is InChI=1S/C20H36N4O2S.HI/c1-5-21-20(22-16-18(23(2)3)19-8-6-15-27-19)24-11-9-17(10-12-24)26-14-7-13-25-4;/h6,8,15,17-18H,5,7,9-14,16H2,1-4H3,(H,21,22);1H. The van der Waals surface area contributed by atoms with E-state index in [1.54, 1.807) is 18.4 Å². The second-order valence-electron chi connectivity index (χ2n) is 7.09. The lowest BCUT2D eigenvalue weighted by molar-refractivity contribution is 0.00989. The lowest BCUT2D eigenvalue weighted by Crippen LogP contribution is -2.47. The number of rotatable bonds is 10.